The SMILES string of the molecule is CCCCCCCCCCCCCCCCCCCCCCCCCCC/C=C/CC/C=C/C(O)C(COC1OC(CO)C(OC2OC(CO)C(OC3OC(CO)C(O)C(O)C3O)C(O)C2O)C(O)C1O)NC(=O)CCCCCCCCCCCCCCCCCCCCCCCCCCCCCCCCCCCCCCCCCC. The van der Waals surface area contributed by atoms with Gasteiger partial charge in [0.25, 0.3) is 0 Å². The van der Waals surface area contributed by atoms with Gasteiger partial charge < -0.3 is 89.9 Å². The van der Waals surface area contributed by atoms with Crippen LogP contribution in [0.3, 0.4) is 0 Å². The summed E-state index contributed by atoms with van der Waals surface area (Å²) in [5.74, 6) is -0.274. The minimum Gasteiger partial charge on any atom is -0.394 e. The van der Waals surface area contributed by atoms with Crippen LogP contribution in [0.2, 0.25) is 0 Å². The molecule has 0 spiro atoms. The zero-order valence-corrected chi connectivity index (χ0v) is 74.5. The van der Waals surface area contributed by atoms with Gasteiger partial charge in [0.15, 0.2) is 18.9 Å². The van der Waals surface area contributed by atoms with Crippen molar-refractivity contribution in [2.24, 2.45) is 0 Å². The van der Waals surface area contributed by atoms with Crippen LogP contribution in [0.1, 0.15) is 457 Å². The summed E-state index contributed by atoms with van der Waals surface area (Å²) in [6.45, 7) is 1.81. The summed E-state index contributed by atoms with van der Waals surface area (Å²) in [5, 5.41) is 121. The highest BCUT2D eigenvalue weighted by Gasteiger charge is 2.54. The van der Waals surface area contributed by atoms with Crippen LogP contribution < -0.4 is 5.32 Å². The fraction of sp³-hybridized carbons (Fsp3) is 0.948. The topological polar surface area (TPSA) is 307 Å². The third-order valence-corrected chi connectivity index (χ3v) is 25.0. The van der Waals surface area contributed by atoms with E-state index in [1.54, 1.807) is 6.08 Å². The van der Waals surface area contributed by atoms with Crippen LogP contribution in [-0.2, 0) is 33.2 Å². The molecule has 17 unspecified atom stereocenters. The van der Waals surface area contributed by atoms with Crippen molar-refractivity contribution in [1.29, 1.82) is 0 Å². The van der Waals surface area contributed by atoms with E-state index >= 15 is 0 Å². The smallest absolute Gasteiger partial charge is 0.220 e. The van der Waals surface area contributed by atoms with E-state index in [4.69, 9.17) is 28.4 Å². The average molecular weight is 1650 g/mol. The van der Waals surface area contributed by atoms with Gasteiger partial charge in [0.2, 0.25) is 5.91 Å². The van der Waals surface area contributed by atoms with Crippen LogP contribution >= 0.6 is 0 Å². The summed E-state index contributed by atoms with van der Waals surface area (Å²) >= 11 is 0. The standard InChI is InChI=1S/C97H185NO18/c1-3-5-7-9-11-13-15-17-19-21-23-25-27-29-31-33-35-36-37-38-39-40-41-42-43-45-47-49-51-53-55-57-59-61-63-65-67-69-71-73-75-85(103)98-80(81(102)74-72-70-68-66-64-62-60-58-56-54-52-50-48-46-44-34-32-30-28-26-24-22-20-18-16-14-12-10-8-6-4-2)79-111-95-91(109)88(106)93(83(77-100)113-95)116-97-92(110)89(107)94(84(78-101)114-97)115-96-90(108)87(105)86(104)82(76-99)112-96/h64,66,72,74,80-84,86-97,99-102,104-110H,3-63,65,67-71,73,75-79H2,1-2H3,(H,98,103)/b66-64+,74-72+. The number of hydrogen-bond acceptors (Lipinski definition) is 18. The number of amides is 1. The fourth-order valence-electron chi connectivity index (χ4n) is 17.2. The van der Waals surface area contributed by atoms with E-state index in [1.165, 1.54) is 385 Å². The van der Waals surface area contributed by atoms with Crippen molar-refractivity contribution < 1.29 is 89.4 Å². The van der Waals surface area contributed by atoms with Gasteiger partial charge in [-0.2, -0.15) is 0 Å². The van der Waals surface area contributed by atoms with Crippen molar-refractivity contribution >= 4 is 5.91 Å². The first-order valence-electron chi connectivity index (χ1n) is 49.6. The number of nitrogens with one attached hydrogen (secondary N) is 1. The first-order chi connectivity index (χ1) is 56.8. The van der Waals surface area contributed by atoms with Gasteiger partial charge in [0.05, 0.1) is 38.6 Å². The predicted octanol–water partition coefficient (Wildman–Crippen LogP) is 20.4. The maximum Gasteiger partial charge on any atom is 0.220 e. The molecule has 3 fully saturated rings. The second kappa shape index (κ2) is 76.9. The Labute approximate surface area is 709 Å². The van der Waals surface area contributed by atoms with Gasteiger partial charge in [-0.15, -0.1) is 0 Å². The first-order valence-corrected chi connectivity index (χ1v) is 49.6. The summed E-state index contributed by atoms with van der Waals surface area (Å²) in [7, 11) is 0. The van der Waals surface area contributed by atoms with E-state index in [-0.39, 0.29) is 18.9 Å². The molecule has 3 aliphatic rings. The number of unbranched alkanes of at least 4 members (excludes halogenated alkanes) is 65. The number of aliphatic hydroxyl groups is 11. The maximum absolute atomic E-state index is 13.5. The highest BCUT2D eigenvalue weighted by atomic mass is 16.8. The lowest BCUT2D eigenvalue weighted by Gasteiger charge is -2.48. The molecule has 0 bridgehead atoms. The summed E-state index contributed by atoms with van der Waals surface area (Å²) in [4.78, 5) is 13.5. The van der Waals surface area contributed by atoms with Gasteiger partial charge in [0.1, 0.15) is 73.2 Å². The van der Waals surface area contributed by atoms with E-state index in [0.29, 0.717) is 12.8 Å². The minimum atomic E-state index is -1.98. The Balaban J connectivity index is 1.29. The quantitative estimate of drug-likeness (QED) is 0.0199. The normalized spacial score (nSPS) is 24.5. The molecule has 686 valence electrons. The van der Waals surface area contributed by atoms with E-state index < -0.39 is 124 Å². The molecule has 3 aliphatic heterocycles. The van der Waals surface area contributed by atoms with Crippen LogP contribution in [-0.4, -0.2) is 193 Å². The van der Waals surface area contributed by atoms with Gasteiger partial charge in [-0.25, -0.2) is 0 Å². The third-order valence-electron chi connectivity index (χ3n) is 25.0. The number of hydrogen-bond donors (Lipinski definition) is 12. The molecule has 0 aromatic rings. The van der Waals surface area contributed by atoms with Crippen molar-refractivity contribution in [3.05, 3.63) is 24.3 Å². The molecule has 1 amide bonds. The monoisotopic (exact) mass is 1650 g/mol. The van der Waals surface area contributed by atoms with Gasteiger partial charge in [-0.3, -0.25) is 4.79 Å². The average Bonchev–Trinajstić information content (AvgIpc) is 0.779. The molecule has 17 atom stereocenters. The summed E-state index contributed by atoms with van der Waals surface area (Å²) in [6.07, 6.45) is 72.4. The lowest BCUT2D eigenvalue weighted by molar-refractivity contribution is -0.379. The van der Waals surface area contributed by atoms with E-state index in [9.17, 15) is 61.0 Å². The highest BCUT2D eigenvalue weighted by molar-refractivity contribution is 5.76. The Morgan fingerprint density at radius 3 is 0.862 bits per heavy atom. The van der Waals surface area contributed by atoms with Crippen molar-refractivity contribution in [2.75, 3.05) is 26.4 Å². The second-order valence-electron chi connectivity index (χ2n) is 35.6. The zero-order valence-electron chi connectivity index (χ0n) is 74.5. The molecule has 3 saturated heterocycles. The van der Waals surface area contributed by atoms with Gasteiger partial charge in [0, 0.05) is 6.42 Å². The fourth-order valence-corrected chi connectivity index (χ4v) is 17.2. The molecule has 0 radical (unpaired) electrons. The Hall–Kier alpha value is -1.73. The molecule has 3 heterocycles. The number of carbonyl (C=O) groups is 1. The van der Waals surface area contributed by atoms with Crippen LogP contribution in [0.15, 0.2) is 24.3 Å². The predicted molar refractivity (Wildman–Crippen MR) is 471 cm³/mol. The lowest BCUT2D eigenvalue weighted by atomic mass is 9.96. The molecule has 19 nitrogen and oxygen atoms in total. The first kappa shape index (κ1) is 108. The molecule has 12 N–H and O–H groups in total. The van der Waals surface area contributed by atoms with Crippen molar-refractivity contribution in [1.82, 2.24) is 5.32 Å². The molecular weight excluding hydrogens is 1470 g/mol. The molecular formula is C97H185NO18. The Bertz CT molecular complexity index is 2180. The minimum absolute atomic E-state index is 0.242. The van der Waals surface area contributed by atoms with E-state index in [1.807, 2.05) is 6.08 Å². The molecule has 0 aromatic carbocycles. The molecule has 19 heteroatoms. The van der Waals surface area contributed by atoms with Crippen LogP contribution in [0, 0.1) is 0 Å². The largest absolute Gasteiger partial charge is 0.394 e. The Kier molecular flexibility index (Phi) is 71.9. The lowest BCUT2D eigenvalue weighted by Crippen LogP contribution is -2.66. The summed E-state index contributed by atoms with van der Waals surface area (Å²) in [5.41, 5.74) is 0. The number of allylic oxidation sites excluding steroid dienone is 3. The van der Waals surface area contributed by atoms with Crippen molar-refractivity contribution in [3.8, 4) is 0 Å². The molecule has 0 aromatic heterocycles. The number of aliphatic hydroxyl groups excluding tert-OH is 11. The number of rotatable bonds is 83. The van der Waals surface area contributed by atoms with Gasteiger partial charge in [-0.05, 0) is 32.1 Å². The summed E-state index contributed by atoms with van der Waals surface area (Å²) < 4.78 is 34.6. The third kappa shape index (κ3) is 54.1. The van der Waals surface area contributed by atoms with Crippen molar-refractivity contribution in [3.63, 3.8) is 0 Å². The zero-order chi connectivity index (χ0) is 83.8. The number of carbonyl (C=O) groups excluding carboxylic acids is 1. The van der Waals surface area contributed by atoms with Crippen LogP contribution in [0.25, 0.3) is 0 Å². The van der Waals surface area contributed by atoms with Gasteiger partial charge in [-0.1, -0.05) is 443 Å². The second-order valence-corrected chi connectivity index (χ2v) is 35.6. The maximum atomic E-state index is 13.5. The number of ether oxygens (including phenoxy) is 6. The molecule has 0 aliphatic carbocycles. The van der Waals surface area contributed by atoms with Crippen LogP contribution in [0.5, 0.6) is 0 Å². The van der Waals surface area contributed by atoms with Crippen LogP contribution in [0.4, 0.5) is 0 Å². The Morgan fingerprint density at radius 1 is 0.302 bits per heavy atom. The van der Waals surface area contributed by atoms with E-state index in [0.717, 1.165) is 38.5 Å². The molecule has 3 rings (SSSR count). The van der Waals surface area contributed by atoms with Crippen molar-refractivity contribution in [2.45, 2.75) is 561 Å². The summed E-state index contributed by atoms with van der Waals surface area (Å²) in [6, 6.07) is -0.990. The van der Waals surface area contributed by atoms with E-state index in [2.05, 4.69) is 31.3 Å². The highest BCUT2D eigenvalue weighted by Crippen LogP contribution is 2.34. The molecule has 116 heavy (non-hydrogen) atoms. The molecule has 0 saturated carbocycles. The Morgan fingerprint density at radius 2 is 0.552 bits per heavy atom. The van der Waals surface area contributed by atoms with Gasteiger partial charge >= 0.3 is 0 Å².